The van der Waals surface area contributed by atoms with E-state index in [4.69, 9.17) is 0 Å². The van der Waals surface area contributed by atoms with Crippen molar-refractivity contribution in [1.82, 2.24) is 4.98 Å². The second-order valence-electron chi connectivity index (χ2n) is 2.64. The molecule has 2 aromatic rings. The van der Waals surface area contributed by atoms with Gasteiger partial charge in [-0.2, -0.15) is 0 Å². The quantitative estimate of drug-likeness (QED) is 0.688. The van der Waals surface area contributed by atoms with Gasteiger partial charge in [0.25, 0.3) is 0 Å². The van der Waals surface area contributed by atoms with Gasteiger partial charge in [-0.1, -0.05) is 32.5 Å². The van der Waals surface area contributed by atoms with E-state index in [0.717, 1.165) is 15.7 Å². The van der Waals surface area contributed by atoms with Crippen molar-refractivity contribution in [1.29, 1.82) is 0 Å². The molecular formula is C11H7BrN-. The molecule has 0 atom stereocenters. The van der Waals surface area contributed by atoms with E-state index in [-0.39, 0.29) is 0 Å². The predicted molar refractivity (Wildman–Crippen MR) is 56.2 cm³/mol. The van der Waals surface area contributed by atoms with Gasteiger partial charge in [-0.25, -0.2) is 0 Å². The van der Waals surface area contributed by atoms with Crippen LogP contribution in [0.4, 0.5) is 0 Å². The van der Waals surface area contributed by atoms with Gasteiger partial charge in [0, 0.05) is 6.20 Å². The molecule has 1 aromatic heterocycles. The van der Waals surface area contributed by atoms with E-state index in [2.05, 4.69) is 27.0 Å². The Balaban J connectivity index is 2.48. The largest absolute Gasteiger partial charge is 0.305 e. The lowest BCUT2D eigenvalue weighted by atomic mass is 10.1. The van der Waals surface area contributed by atoms with Gasteiger partial charge in [-0.15, -0.1) is 29.8 Å². The Kier molecular flexibility index (Phi) is 2.41. The van der Waals surface area contributed by atoms with Gasteiger partial charge < -0.3 is 4.98 Å². The monoisotopic (exact) mass is 232 g/mol. The third-order valence-corrected chi connectivity index (χ3v) is 2.20. The van der Waals surface area contributed by atoms with E-state index >= 15 is 0 Å². The standard InChI is InChI=1S/C11H7BrN/c12-10-5-3-4-9(8-10)11-6-1-2-7-13-11/h1-3,5-8H/q-1. The van der Waals surface area contributed by atoms with Gasteiger partial charge in [-0.05, 0) is 11.8 Å². The van der Waals surface area contributed by atoms with Crippen LogP contribution in [0.3, 0.4) is 0 Å². The summed E-state index contributed by atoms with van der Waals surface area (Å²) >= 11 is 3.41. The normalized spacial score (nSPS) is 9.92. The first-order valence-corrected chi connectivity index (χ1v) is 4.74. The maximum Gasteiger partial charge on any atom is 0.0160 e. The number of aromatic nitrogens is 1. The van der Waals surface area contributed by atoms with Gasteiger partial charge in [-0.3, -0.25) is 0 Å². The third kappa shape index (κ3) is 1.95. The lowest BCUT2D eigenvalue weighted by Crippen LogP contribution is -1.81. The molecule has 1 heterocycles. The van der Waals surface area contributed by atoms with E-state index in [1.165, 1.54) is 0 Å². The van der Waals surface area contributed by atoms with Gasteiger partial charge >= 0.3 is 0 Å². The predicted octanol–water partition coefficient (Wildman–Crippen LogP) is 3.31. The summed E-state index contributed by atoms with van der Waals surface area (Å²) < 4.78 is 1.05. The van der Waals surface area contributed by atoms with Crippen LogP contribution >= 0.6 is 15.9 Å². The van der Waals surface area contributed by atoms with Crippen LogP contribution in [0.25, 0.3) is 11.3 Å². The fourth-order valence-electron chi connectivity index (χ4n) is 1.11. The van der Waals surface area contributed by atoms with E-state index in [1.807, 2.05) is 36.4 Å². The highest BCUT2D eigenvalue weighted by Gasteiger charge is 1.88. The van der Waals surface area contributed by atoms with Gasteiger partial charge in [0.15, 0.2) is 0 Å². The minimum Gasteiger partial charge on any atom is -0.305 e. The molecule has 0 spiro atoms. The van der Waals surface area contributed by atoms with Crippen LogP contribution in [0.2, 0.25) is 0 Å². The third-order valence-electron chi connectivity index (χ3n) is 1.70. The highest BCUT2D eigenvalue weighted by Crippen LogP contribution is 2.19. The molecule has 0 aliphatic rings. The van der Waals surface area contributed by atoms with Gasteiger partial charge in [0.2, 0.25) is 0 Å². The van der Waals surface area contributed by atoms with Crippen LogP contribution in [0, 0.1) is 6.07 Å². The van der Waals surface area contributed by atoms with E-state index in [9.17, 15) is 0 Å². The molecule has 0 fully saturated rings. The number of hydrogen-bond acceptors (Lipinski definition) is 1. The van der Waals surface area contributed by atoms with Crippen molar-refractivity contribution < 1.29 is 0 Å². The van der Waals surface area contributed by atoms with Crippen molar-refractivity contribution in [2.24, 2.45) is 0 Å². The first-order chi connectivity index (χ1) is 6.36. The Morgan fingerprint density at radius 3 is 2.85 bits per heavy atom. The summed E-state index contributed by atoms with van der Waals surface area (Å²) in [6.45, 7) is 0. The summed E-state index contributed by atoms with van der Waals surface area (Å²) in [5.41, 5.74) is 1.96. The van der Waals surface area contributed by atoms with E-state index in [0.29, 0.717) is 0 Å². The Morgan fingerprint density at radius 1 is 1.23 bits per heavy atom. The molecule has 0 aliphatic carbocycles. The molecule has 0 aliphatic heterocycles. The van der Waals surface area contributed by atoms with Crippen molar-refractivity contribution in [3.05, 3.63) is 53.1 Å². The highest BCUT2D eigenvalue weighted by molar-refractivity contribution is 9.10. The minimum absolute atomic E-state index is 0.948. The smallest absolute Gasteiger partial charge is 0.0160 e. The molecule has 0 saturated carbocycles. The second kappa shape index (κ2) is 3.71. The molecule has 0 bridgehead atoms. The van der Waals surface area contributed by atoms with Gasteiger partial charge in [0.1, 0.15) is 0 Å². The topological polar surface area (TPSA) is 12.9 Å². The number of benzene rings is 1. The van der Waals surface area contributed by atoms with Crippen LogP contribution in [-0.2, 0) is 0 Å². The first-order valence-electron chi connectivity index (χ1n) is 3.95. The summed E-state index contributed by atoms with van der Waals surface area (Å²) in [5.74, 6) is 0. The molecule has 1 aromatic carbocycles. The van der Waals surface area contributed by atoms with Crippen molar-refractivity contribution >= 4 is 15.9 Å². The molecule has 1 nitrogen and oxygen atoms in total. The zero-order valence-electron chi connectivity index (χ0n) is 6.87. The molecule has 0 N–H and O–H groups in total. The van der Waals surface area contributed by atoms with E-state index < -0.39 is 0 Å². The lowest BCUT2D eigenvalue weighted by molar-refractivity contribution is 1.32. The molecule has 2 rings (SSSR count). The maximum absolute atomic E-state index is 4.24. The number of rotatable bonds is 1. The summed E-state index contributed by atoms with van der Waals surface area (Å²) in [7, 11) is 0. The van der Waals surface area contributed by atoms with Crippen LogP contribution < -0.4 is 0 Å². The summed E-state index contributed by atoms with van der Waals surface area (Å²) in [6, 6.07) is 14.8. The number of nitrogens with zero attached hydrogens (tertiary/aromatic N) is 1. The molecule has 0 saturated heterocycles. The van der Waals surface area contributed by atoms with Gasteiger partial charge in [0.05, 0.1) is 0 Å². The number of pyridine rings is 1. The van der Waals surface area contributed by atoms with Crippen molar-refractivity contribution in [3.8, 4) is 11.3 Å². The molecule has 0 unspecified atom stereocenters. The Bertz CT molecular complexity index is 398. The van der Waals surface area contributed by atoms with Crippen molar-refractivity contribution in [2.45, 2.75) is 0 Å². The average Bonchev–Trinajstić information content (AvgIpc) is 2.19. The number of hydrogen-bond donors (Lipinski definition) is 0. The molecule has 0 amide bonds. The lowest BCUT2D eigenvalue weighted by Gasteiger charge is -2.07. The zero-order valence-corrected chi connectivity index (χ0v) is 8.45. The maximum atomic E-state index is 4.24. The fraction of sp³-hybridized carbons (Fsp3) is 0. The highest BCUT2D eigenvalue weighted by atomic mass is 79.9. The van der Waals surface area contributed by atoms with Crippen LogP contribution in [-0.4, -0.2) is 4.98 Å². The fourth-order valence-corrected chi connectivity index (χ4v) is 1.47. The molecule has 0 radical (unpaired) electrons. The molecule has 13 heavy (non-hydrogen) atoms. The van der Waals surface area contributed by atoms with Crippen molar-refractivity contribution in [2.75, 3.05) is 0 Å². The van der Waals surface area contributed by atoms with Crippen LogP contribution in [0.15, 0.2) is 47.1 Å². The van der Waals surface area contributed by atoms with E-state index in [1.54, 1.807) is 6.20 Å². The zero-order chi connectivity index (χ0) is 9.10. The summed E-state index contributed by atoms with van der Waals surface area (Å²) in [6.07, 6.45) is 1.78. The van der Waals surface area contributed by atoms with Crippen LogP contribution in [0.5, 0.6) is 0 Å². The molecule has 64 valence electrons. The van der Waals surface area contributed by atoms with Crippen molar-refractivity contribution in [3.63, 3.8) is 0 Å². The molecule has 2 heteroatoms. The van der Waals surface area contributed by atoms with Crippen LogP contribution in [0.1, 0.15) is 0 Å². The Labute approximate surface area is 85.6 Å². The molecular weight excluding hydrogens is 226 g/mol. The second-order valence-corrected chi connectivity index (χ2v) is 3.55. The summed E-state index contributed by atoms with van der Waals surface area (Å²) in [4.78, 5) is 4.24. The summed E-state index contributed by atoms with van der Waals surface area (Å²) in [5, 5.41) is 0. The number of halogens is 1. The Morgan fingerprint density at radius 2 is 2.15 bits per heavy atom. The SMILES string of the molecule is Brc1cc[c-]c(-c2ccccn2)c1. The average molecular weight is 233 g/mol. The minimum atomic E-state index is 0.948. The first kappa shape index (κ1) is 8.45. The Hall–Kier alpha value is -1.15.